The van der Waals surface area contributed by atoms with Crippen molar-refractivity contribution in [1.82, 2.24) is 14.8 Å². The number of ether oxygens (including phenoxy) is 2. The number of methoxy groups -OCH3 is 2. The Kier molecular flexibility index (Phi) is 7.55. The van der Waals surface area contributed by atoms with Gasteiger partial charge in [-0.25, -0.2) is 0 Å². The Morgan fingerprint density at radius 1 is 0.950 bits per heavy atom. The molecule has 3 aromatic carbocycles. The van der Waals surface area contributed by atoms with E-state index >= 15 is 0 Å². The zero-order valence-electron chi connectivity index (χ0n) is 21.9. The van der Waals surface area contributed by atoms with E-state index < -0.39 is 0 Å². The second-order valence-electron chi connectivity index (χ2n) is 9.12. The van der Waals surface area contributed by atoms with Crippen LogP contribution >= 0.6 is 12.4 Å². The van der Waals surface area contributed by atoms with Gasteiger partial charge in [-0.3, -0.25) is 9.78 Å². The molecule has 0 bridgehead atoms. The molecule has 6 rings (SSSR count). The lowest BCUT2D eigenvalue weighted by molar-refractivity contribution is 0.282. The molecule has 0 radical (unpaired) electrons. The van der Waals surface area contributed by atoms with Crippen molar-refractivity contribution in [2.75, 3.05) is 25.7 Å². The molecule has 9 heteroatoms. The molecule has 0 saturated carbocycles. The first-order valence-electron chi connectivity index (χ1n) is 12.5. The summed E-state index contributed by atoms with van der Waals surface area (Å²) >= 11 is 0. The molecule has 0 aliphatic carbocycles. The van der Waals surface area contributed by atoms with Gasteiger partial charge >= 0.3 is 0 Å². The maximum absolute atomic E-state index is 13.9. The predicted molar refractivity (Wildman–Crippen MR) is 160 cm³/mol. The van der Waals surface area contributed by atoms with Gasteiger partial charge in [-0.1, -0.05) is 30.4 Å². The number of allylic oxidation sites excluding steroid dienone is 2. The fourth-order valence-corrected chi connectivity index (χ4v) is 5.02. The van der Waals surface area contributed by atoms with Crippen LogP contribution in [0.5, 0.6) is 11.5 Å². The molecule has 0 fully saturated rings. The maximum atomic E-state index is 13.9. The highest BCUT2D eigenvalue weighted by Gasteiger charge is 2.23. The Labute approximate surface area is 236 Å². The van der Waals surface area contributed by atoms with Crippen molar-refractivity contribution in [3.8, 4) is 22.8 Å². The highest BCUT2D eigenvalue weighted by molar-refractivity contribution is 6.00. The molecule has 1 aliphatic heterocycles. The summed E-state index contributed by atoms with van der Waals surface area (Å²) in [6.45, 7) is 0.354. The fourth-order valence-electron chi connectivity index (χ4n) is 5.02. The van der Waals surface area contributed by atoms with Crippen LogP contribution in [0.25, 0.3) is 38.6 Å². The van der Waals surface area contributed by atoms with Crippen molar-refractivity contribution >= 4 is 45.5 Å². The normalized spacial score (nSPS) is 12.8. The molecule has 0 saturated heterocycles. The molecule has 40 heavy (non-hydrogen) atoms. The number of benzene rings is 3. The fraction of sp³-hybridized carbons (Fsp3) is 0.129. The highest BCUT2D eigenvalue weighted by atomic mass is 35.5. The van der Waals surface area contributed by atoms with Gasteiger partial charge in [0.2, 0.25) is 0 Å². The highest BCUT2D eigenvalue weighted by Crippen LogP contribution is 2.39. The minimum Gasteiger partial charge on any atom is -0.493 e. The first kappa shape index (κ1) is 26.9. The first-order valence-corrected chi connectivity index (χ1v) is 12.5. The summed E-state index contributed by atoms with van der Waals surface area (Å²) in [6.07, 6.45) is 9.25. The van der Waals surface area contributed by atoms with Crippen molar-refractivity contribution in [3.63, 3.8) is 0 Å². The minimum atomic E-state index is -0.230. The number of fused-ring (bicyclic) bond motifs is 2. The number of rotatable bonds is 6. The molecule has 202 valence electrons. The third kappa shape index (κ3) is 4.57. The number of hydrogen-bond acceptors (Lipinski definition) is 7. The number of pyridine rings is 1. The van der Waals surface area contributed by atoms with Crippen LogP contribution in [0, 0.1) is 0 Å². The van der Waals surface area contributed by atoms with Crippen LogP contribution in [0.2, 0.25) is 0 Å². The van der Waals surface area contributed by atoms with Crippen LogP contribution in [0.1, 0.15) is 5.56 Å². The number of halogens is 1. The third-order valence-corrected chi connectivity index (χ3v) is 6.87. The quantitative estimate of drug-likeness (QED) is 0.300. The molecular formula is C31H27ClN4O4. The second kappa shape index (κ2) is 11.2. The zero-order valence-corrected chi connectivity index (χ0v) is 22.8. The molecule has 1 aliphatic rings. The van der Waals surface area contributed by atoms with Crippen LogP contribution in [-0.2, 0) is 6.61 Å². The van der Waals surface area contributed by atoms with E-state index in [0.29, 0.717) is 34.9 Å². The van der Waals surface area contributed by atoms with Crippen molar-refractivity contribution in [1.29, 1.82) is 0 Å². The Hall–Kier alpha value is -4.66. The lowest BCUT2D eigenvalue weighted by atomic mass is 10.0. The Balaban J connectivity index is 0.00000323. The molecule has 0 spiro atoms. The van der Waals surface area contributed by atoms with E-state index in [1.54, 1.807) is 26.6 Å². The van der Waals surface area contributed by atoms with Gasteiger partial charge in [0.15, 0.2) is 11.5 Å². The third-order valence-electron chi connectivity index (χ3n) is 6.87. The Morgan fingerprint density at radius 2 is 1.73 bits per heavy atom. The van der Waals surface area contributed by atoms with E-state index in [2.05, 4.69) is 4.98 Å². The maximum Gasteiger partial charge on any atom is 0.280 e. The largest absolute Gasteiger partial charge is 0.493 e. The van der Waals surface area contributed by atoms with Crippen LogP contribution in [0.3, 0.4) is 0 Å². The molecule has 0 unspecified atom stereocenters. The number of aliphatic hydroxyl groups excluding tert-OH is 1. The predicted octanol–water partition coefficient (Wildman–Crippen LogP) is 5.42. The van der Waals surface area contributed by atoms with Gasteiger partial charge < -0.3 is 19.5 Å². The monoisotopic (exact) mass is 554 g/mol. The van der Waals surface area contributed by atoms with E-state index in [0.717, 1.165) is 33.0 Å². The summed E-state index contributed by atoms with van der Waals surface area (Å²) in [6, 6.07) is 18.9. The standard InChI is InChI=1S/C31H26N4O4.ClH/c1-38-27-16-22-14-20(19-36)15-26(25(22)17-28(27)39-2)34-13-6-5-11-29(34)35-31(37)24-10-4-3-9-23(24)30(33-35)21-8-7-12-32-18-21;/h3-12,14-18,36H,13,19H2,1-2H3;1H. The van der Waals surface area contributed by atoms with Gasteiger partial charge in [0.1, 0.15) is 11.5 Å². The lowest BCUT2D eigenvalue weighted by Crippen LogP contribution is -2.34. The summed E-state index contributed by atoms with van der Waals surface area (Å²) in [5.74, 6) is 1.76. The van der Waals surface area contributed by atoms with Crippen LogP contribution in [0.4, 0.5) is 5.69 Å². The number of aromatic nitrogens is 3. The number of nitrogens with zero attached hydrogens (tertiary/aromatic N) is 4. The van der Waals surface area contributed by atoms with Gasteiger partial charge in [0, 0.05) is 35.3 Å². The van der Waals surface area contributed by atoms with E-state index in [-0.39, 0.29) is 24.6 Å². The lowest BCUT2D eigenvalue weighted by Gasteiger charge is -2.30. The SMILES string of the molecule is COc1cc2cc(CO)cc(N3CC=CC=C3n3nc(-c4cccnc4)c4ccccc4c3=O)c2cc1OC.Cl. The summed E-state index contributed by atoms with van der Waals surface area (Å²) in [5, 5.41) is 18.0. The van der Waals surface area contributed by atoms with Gasteiger partial charge in [0.25, 0.3) is 5.56 Å². The van der Waals surface area contributed by atoms with E-state index in [1.807, 2.05) is 83.8 Å². The van der Waals surface area contributed by atoms with Gasteiger partial charge in [0.05, 0.1) is 31.9 Å². The molecular weight excluding hydrogens is 528 g/mol. The summed E-state index contributed by atoms with van der Waals surface area (Å²) in [5.41, 5.74) is 2.78. The van der Waals surface area contributed by atoms with E-state index in [4.69, 9.17) is 14.6 Å². The Bertz CT molecular complexity index is 1830. The molecule has 0 amide bonds. The second-order valence-corrected chi connectivity index (χ2v) is 9.12. The number of hydrogen-bond donors (Lipinski definition) is 1. The van der Waals surface area contributed by atoms with Crippen LogP contribution in [-0.4, -0.2) is 40.6 Å². The molecule has 0 atom stereocenters. The van der Waals surface area contributed by atoms with Gasteiger partial charge in [-0.2, -0.15) is 9.78 Å². The van der Waals surface area contributed by atoms with Gasteiger partial charge in [-0.15, -0.1) is 12.4 Å². The average Bonchev–Trinajstić information content (AvgIpc) is 3.00. The molecule has 8 nitrogen and oxygen atoms in total. The first-order chi connectivity index (χ1) is 19.1. The molecule has 1 N–H and O–H groups in total. The average molecular weight is 555 g/mol. The topological polar surface area (TPSA) is 89.7 Å². The summed E-state index contributed by atoms with van der Waals surface area (Å²) < 4.78 is 12.6. The zero-order chi connectivity index (χ0) is 26.9. The number of aliphatic hydroxyl groups is 1. The molecule has 2 aromatic heterocycles. The van der Waals surface area contributed by atoms with Crippen molar-refractivity contribution in [3.05, 3.63) is 107 Å². The molecule has 5 aromatic rings. The van der Waals surface area contributed by atoms with Crippen molar-refractivity contribution in [2.45, 2.75) is 6.61 Å². The van der Waals surface area contributed by atoms with Crippen molar-refractivity contribution in [2.24, 2.45) is 0 Å². The van der Waals surface area contributed by atoms with E-state index in [9.17, 15) is 9.90 Å². The smallest absolute Gasteiger partial charge is 0.280 e. The Morgan fingerprint density at radius 3 is 2.45 bits per heavy atom. The van der Waals surface area contributed by atoms with Gasteiger partial charge in [-0.05, 0) is 59.5 Å². The number of anilines is 1. The van der Waals surface area contributed by atoms with Crippen LogP contribution in [0.15, 0.2) is 96.1 Å². The molecule has 3 heterocycles. The summed E-state index contributed by atoms with van der Waals surface area (Å²) in [7, 11) is 3.19. The van der Waals surface area contributed by atoms with E-state index in [1.165, 1.54) is 4.68 Å². The van der Waals surface area contributed by atoms with Crippen LogP contribution < -0.4 is 19.9 Å². The minimum absolute atomic E-state index is 0. The summed E-state index contributed by atoms with van der Waals surface area (Å²) in [4.78, 5) is 20.2. The van der Waals surface area contributed by atoms with Crippen molar-refractivity contribution < 1.29 is 14.6 Å².